The van der Waals surface area contributed by atoms with Crippen LogP contribution < -0.4 is 4.74 Å². The fourth-order valence-electron chi connectivity index (χ4n) is 1.09. The Morgan fingerprint density at radius 2 is 2.19 bits per heavy atom. The average Bonchev–Trinajstić information content (AvgIpc) is 2.24. The van der Waals surface area contributed by atoms with Crippen LogP contribution in [0, 0.1) is 0 Å². The van der Waals surface area contributed by atoms with Gasteiger partial charge in [0, 0.05) is 18.1 Å². The second-order valence-electron chi connectivity index (χ2n) is 3.84. The molecule has 3 nitrogen and oxygen atoms in total. The van der Waals surface area contributed by atoms with Crippen LogP contribution in [0.5, 0.6) is 5.75 Å². The zero-order valence-corrected chi connectivity index (χ0v) is 10.5. The van der Waals surface area contributed by atoms with Gasteiger partial charge < -0.3 is 9.64 Å². The first kappa shape index (κ1) is 12.8. The van der Waals surface area contributed by atoms with Crippen molar-refractivity contribution in [3.8, 4) is 5.75 Å². The van der Waals surface area contributed by atoms with Gasteiger partial charge in [0.15, 0.2) is 6.61 Å². The van der Waals surface area contributed by atoms with Gasteiger partial charge >= 0.3 is 0 Å². The summed E-state index contributed by atoms with van der Waals surface area (Å²) in [5, 5.41) is 0.599. The summed E-state index contributed by atoms with van der Waals surface area (Å²) >= 11 is 5.80. The van der Waals surface area contributed by atoms with E-state index in [1.807, 2.05) is 13.8 Å². The molecule has 0 unspecified atom stereocenters. The Kier molecular flexibility index (Phi) is 4.62. The van der Waals surface area contributed by atoms with Crippen LogP contribution in [0.4, 0.5) is 0 Å². The summed E-state index contributed by atoms with van der Waals surface area (Å²) in [5.41, 5.74) is 0. The molecule has 0 saturated heterocycles. The summed E-state index contributed by atoms with van der Waals surface area (Å²) in [6.07, 6.45) is 0. The van der Waals surface area contributed by atoms with Gasteiger partial charge in [0.25, 0.3) is 5.91 Å². The van der Waals surface area contributed by atoms with Gasteiger partial charge in [-0.2, -0.15) is 0 Å². The minimum atomic E-state index is -0.0463. The number of halogens is 1. The highest BCUT2D eigenvalue weighted by atomic mass is 35.5. The Morgan fingerprint density at radius 3 is 2.75 bits per heavy atom. The number of ether oxygens (including phenoxy) is 1. The van der Waals surface area contributed by atoms with Crippen LogP contribution in [-0.2, 0) is 4.79 Å². The molecule has 0 radical (unpaired) electrons. The second kappa shape index (κ2) is 5.75. The lowest BCUT2D eigenvalue weighted by molar-refractivity contribution is -0.133. The van der Waals surface area contributed by atoms with Crippen molar-refractivity contribution in [3.63, 3.8) is 0 Å². The summed E-state index contributed by atoms with van der Waals surface area (Å²) in [7, 11) is 1.76. The van der Waals surface area contributed by atoms with Crippen LogP contribution in [-0.4, -0.2) is 30.5 Å². The Morgan fingerprint density at radius 1 is 1.50 bits per heavy atom. The molecule has 88 valence electrons. The van der Waals surface area contributed by atoms with E-state index < -0.39 is 0 Å². The molecule has 0 spiro atoms. The van der Waals surface area contributed by atoms with E-state index in [4.69, 9.17) is 16.3 Å². The van der Waals surface area contributed by atoms with Gasteiger partial charge in [-0.3, -0.25) is 4.79 Å². The highest BCUT2D eigenvalue weighted by Crippen LogP contribution is 2.17. The quantitative estimate of drug-likeness (QED) is 0.811. The maximum atomic E-state index is 11.6. The molecule has 0 aliphatic rings. The average molecular weight is 242 g/mol. The van der Waals surface area contributed by atoms with Crippen LogP contribution in [0.15, 0.2) is 24.3 Å². The van der Waals surface area contributed by atoms with Crippen molar-refractivity contribution < 1.29 is 9.53 Å². The third kappa shape index (κ3) is 3.74. The second-order valence-corrected chi connectivity index (χ2v) is 4.28. The van der Waals surface area contributed by atoms with E-state index in [1.54, 1.807) is 36.2 Å². The van der Waals surface area contributed by atoms with Crippen molar-refractivity contribution in [2.24, 2.45) is 0 Å². The van der Waals surface area contributed by atoms with Gasteiger partial charge in [-0.05, 0) is 32.0 Å². The number of nitrogens with zero attached hydrogens (tertiary/aromatic N) is 1. The van der Waals surface area contributed by atoms with Crippen LogP contribution >= 0.6 is 11.6 Å². The fraction of sp³-hybridized carbons (Fsp3) is 0.417. The fourth-order valence-corrected chi connectivity index (χ4v) is 1.27. The zero-order valence-electron chi connectivity index (χ0n) is 9.74. The van der Waals surface area contributed by atoms with Crippen molar-refractivity contribution in [1.29, 1.82) is 0 Å². The molecule has 0 saturated carbocycles. The van der Waals surface area contributed by atoms with Gasteiger partial charge in [0.1, 0.15) is 5.75 Å². The third-order valence-electron chi connectivity index (χ3n) is 2.33. The number of hydrogen-bond acceptors (Lipinski definition) is 2. The maximum absolute atomic E-state index is 11.6. The summed E-state index contributed by atoms with van der Waals surface area (Å²) in [6, 6.07) is 7.18. The molecule has 0 heterocycles. The van der Waals surface area contributed by atoms with E-state index in [0.29, 0.717) is 10.8 Å². The predicted molar refractivity (Wildman–Crippen MR) is 64.9 cm³/mol. The molecule has 4 heteroatoms. The number of carbonyl (C=O) groups is 1. The normalized spacial score (nSPS) is 10.3. The van der Waals surface area contributed by atoms with E-state index >= 15 is 0 Å². The van der Waals surface area contributed by atoms with E-state index in [2.05, 4.69) is 0 Å². The maximum Gasteiger partial charge on any atom is 0.260 e. The smallest absolute Gasteiger partial charge is 0.260 e. The lowest BCUT2D eigenvalue weighted by Crippen LogP contribution is -2.36. The summed E-state index contributed by atoms with van der Waals surface area (Å²) in [6.45, 7) is 3.95. The van der Waals surface area contributed by atoms with E-state index in [9.17, 15) is 4.79 Å². The molecule has 1 aromatic rings. The van der Waals surface area contributed by atoms with Gasteiger partial charge in [-0.25, -0.2) is 0 Å². The molecule has 1 aromatic carbocycles. The molecule has 16 heavy (non-hydrogen) atoms. The van der Waals surface area contributed by atoms with Gasteiger partial charge in [0.05, 0.1) is 0 Å². The first-order valence-electron chi connectivity index (χ1n) is 5.14. The van der Waals surface area contributed by atoms with Crippen LogP contribution in [0.3, 0.4) is 0 Å². The summed E-state index contributed by atoms with van der Waals surface area (Å²) in [4.78, 5) is 13.3. The standard InChI is InChI=1S/C12H16ClNO2/c1-9(2)14(3)12(15)8-16-11-6-4-5-10(13)7-11/h4-7,9H,8H2,1-3H3. The molecule has 1 amide bonds. The van der Waals surface area contributed by atoms with Gasteiger partial charge in [0.2, 0.25) is 0 Å². The largest absolute Gasteiger partial charge is 0.484 e. The lowest BCUT2D eigenvalue weighted by atomic mass is 10.3. The first-order chi connectivity index (χ1) is 7.50. The molecule has 1 rings (SSSR count). The minimum absolute atomic E-state index is 0.0367. The van der Waals surface area contributed by atoms with Crippen molar-refractivity contribution in [2.75, 3.05) is 13.7 Å². The van der Waals surface area contributed by atoms with E-state index in [1.165, 1.54) is 0 Å². The Labute approximate surface area is 101 Å². The number of hydrogen-bond donors (Lipinski definition) is 0. The highest BCUT2D eigenvalue weighted by Gasteiger charge is 2.12. The highest BCUT2D eigenvalue weighted by molar-refractivity contribution is 6.30. The molecular formula is C12H16ClNO2. The van der Waals surface area contributed by atoms with Crippen molar-refractivity contribution in [2.45, 2.75) is 19.9 Å². The molecule has 0 aliphatic heterocycles. The molecule has 0 bridgehead atoms. The van der Waals surface area contributed by atoms with Crippen molar-refractivity contribution in [3.05, 3.63) is 29.3 Å². The molecule has 0 aliphatic carbocycles. The lowest BCUT2D eigenvalue weighted by Gasteiger charge is -2.21. The molecule has 0 aromatic heterocycles. The van der Waals surface area contributed by atoms with Crippen molar-refractivity contribution >= 4 is 17.5 Å². The third-order valence-corrected chi connectivity index (χ3v) is 2.56. The van der Waals surface area contributed by atoms with Crippen molar-refractivity contribution in [1.82, 2.24) is 4.90 Å². The van der Waals surface area contributed by atoms with Crippen LogP contribution in [0.25, 0.3) is 0 Å². The zero-order chi connectivity index (χ0) is 12.1. The monoisotopic (exact) mass is 241 g/mol. The predicted octanol–water partition coefficient (Wildman–Crippen LogP) is 2.59. The molecule has 0 N–H and O–H groups in total. The molecular weight excluding hydrogens is 226 g/mol. The van der Waals surface area contributed by atoms with Crippen LogP contribution in [0.2, 0.25) is 5.02 Å². The summed E-state index contributed by atoms with van der Waals surface area (Å²) < 4.78 is 5.34. The Bertz CT molecular complexity index is 366. The topological polar surface area (TPSA) is 29.5 Å². The van der Waals surface area contributed by atoms with E-state index in [0.717, 1.165) is 0 Å². The molecule has 0 atom stereocenters. The SMILES string of the molecule is CC(C)N(C)C(=O)COc1cccc(Cl)c1. The number of amides is 1. The molecule has 0 fully saturated rings. The van der Waals surface area contributed by atoms with E-state index in [-0.39, 0.29) is 18.6 Å². The van der Waals surface area contributed by atoms with Gasteiger partial charge in [-0.1, -0.05) is 17.7 Å². The Hall–Kier alpha value is -1.22. The number of rotatable bonds is 4. The number of likely N-dealkylation sites (N-methyl/N-ethyl adjacent to an activating group) is 1. The number of benzene rings is 1. The summed E-state index contributed by atoms with van der Waals surface area (Å²) in [5.74, 6) is 0.563. The minimum Gasteiger partial charge on any atom is -0.484 e. The van der Waals surface area contributed by atoms with Crippen LogP contribution in [0.1, 0.15) is 13.8 Å². The van der Waals surface area contributed by atoms with Gasteiger partial charge in [-0.15, -0.1) is 0 Å². The Balaban J connectivity index is 2.49. The number of carbonyl (C=O) groups excluding carboxylic acids is 1. The first-order valence-corrected chi connectivity index (χ1v) is 5.52.